The number of nitrogens with zero attached hydrogens (tertiary/aromatic N) is 1. The number of hydrogen-bond acceptors (Lipinski definition) is 4. The first-order valence-corrected chi connectivity index (χ1v) is 6.80. The van der Waals surface area contributed by atoms with Gasteiger partial charge in [0.2, 0.25) is 10.0 Å². The Balaban J connectivity index is 2.96. The molecule has 1 aromatic carbocycles. The molecule has 0 aliphatic rings. The van der Waals surface area contributed by atoms with Gasteiger partial charge in [-0.1, -0.05) is 0 Å². The molecule has 0 saturated heterocycles. The van der Waals surface area contributed by atoms with Crippen molar-refractivity contribution in [3.8, 4) is 0 Å². The summed E-state index contributed by atoms with van der Waals surface area (Å²) in [4.78, 5) is 10.8. The van der Waals surface area contributed by atoms with Crippen molar-refractivity contribution in [1.29, 1.82) is 0 Å². The molecule has 0 radical (unpaired) electrons. The minimum atomic E-state index is -4.07. The molecule has 1 aromatic rings. The normalized spacial score (nSPS) is 11.6. The van der Waals surface area contributed by atoms with Crippen LogP contribution in [0.3, 0.4) is 0 Å². The van der Waals surface area contributed by atoms with Gasteiger partial charge in [0.1, 0.15) is 6.54 Å². The lowest BCUT2D eigenvalue weighted by molar-refractivity contribution is -0.143. The van der Waals surface area contributed by atoms with Crippen molar-refractivity contribution in [3.05, 3.63) is 29.8 Å². The zero-order valence-corrected chi connectivity index (χ0v) is 11.2. The Hall–Kier alpha value is -1.54. The average Bonchev–Trinajstić information content (AvgIpc) is 2.32. The van der Waals surface area contributed by atoms with Gasteiger partial charge in [0.05, 0.1) is 11.5 Å². The van der Waals surface area contributed by atoms with Crippen LogP contribution in [0.4, 0.5) is 8.78 Å². The topological polar surface area (TPSA) is 63.7 Å². The zero-order valence-electron chi connectivity index (χ0n) is 10.4. The molecule has 0 aromatic heterocycles. The van der Waals surface area contributed by atoms with Crippen molar-refractivity contribution in [2.75, 3.05) is 20.2 Å². The summed E-state index contributed by atoms with van der Waals surface area (Å²) in [6, 6.07) is 2.20. The highest BCUT2D eigenvalue weighted by atomic mass is 32.2. The van der Waals surface area contributed by atoms with Crippen LogP contribution in [0.5, 0.6) is 0 Å². The van der Waals surface area contributed by atoms with Crippen LogP contribution in [-0.2, 0) is 19.6 Å². The van der Waals surface area contributed by atoms with Crippen LogP contribution in [0.2, 0.25) is 0 Å². The number of likely N-dealkylation sites (N-methyl/N-ethyl adjacent to an activating group) is 1. The third kappa shape index (κ3) is 3.71. The number of carbonyl (C=O) groups is 1. The fourth-order valence-corrected chi connectivity index (χ4v) is 2.42. The second-order valence-corrected chi connectivity index (χ2v) is 5.69. The number of hydrogen-bond donors (Lipinski definition) is 0. The molecule has 1 rings (SSSR count). The number of benzene rings is 1. The molecule has 19 heavy (non-hydrogen) atoms. The summed E-state index contributed by atoms with van der Waals surface area (Å²) in [6.07, 6.45) is 0. The van der Waals surface area contributed by atoms with Crippen LogP contribution in [-0.4, -0.2) is 38.9 Å². The van der Waals surface area contributed by atoms with Crippen molar-refractivity contribution >= 4 is 16.0 Å². The Morgan fingerprint density at radius 3 is 2.47 bits per heavy atom. The van der Waals surface area contributed by atoms with Gasteiger partial charge in [-0.2, -0.15) is 4.31 Å². The Kier molecular flexibility index (Phi) is 4.96. The molecule has 0 amide bonds. The molecular weight excluding hydrogens is 280 g/mol. The lowest BCUT2D eigenvalue weighted by atomic mass is 10.3. The monoisotopic (exact) mass is 293 g/mol. The molecule has 5 nitrogen and oxygen atoms in total. The van der Waals surface area contributed by atoms with Gasteiger partial charge in [0.15, 0.2) is 11.6 Å². The Labute approximate surface area is 109 Å². The molecule has 0 aliphatic heterocycles. The average molecular weight is 293 g/mol. The zero-order chi connectivity index (χ0) is 14.6. The lowest BCUT2D eigenvalue weighted by Crippen LogP contribution is -2.33. The van der Waals surface area contributed by atoms with Crippen LogP contribution < -0.4 is 0 Å². The Bertz CT molecular complexity index is 574. The number of carbonyl (C=O) groups excluding carboxylic acids is 1. The van der Waals surface area contributed by atoms with Gasteiger partial charge < -0.3 is 4.74 Å². The van der Waals surface area contributed by atoms with Crippen molar-refractivity contribution in [1.82, 2.24) is 4.31 Å². The summed E-state index contributed by atoms with van der Waals surface area (Å²) in [5.74, 6) is -3.14. The maximum absolute atomic E-state index is 13.0. The number of esters is 1. The van der Waals surface area contributed by atoms with Crippen LogP contribution in [0.1, 0.15) is 6.92 Å². The first kappa shape index (κ1) is 15.5. The van der Waals surface area contributed by atoms with Gasteiger partial charge >= 0.3 is 5.97 Å². The van der Waals surface area contributed by atoms with Crippen molar-refractivity contribution < 1.29 is 26.7 Å². The molecule has 0 heterocycles. The van der Waals surface area contributed by atoms with E-state index in [2.05, 4.69) is 4.74 Å². The van der Waals surface area contributed by atoms with Crippen molar-refractivity contribution in [2.24, 2.45) is 0 Å². The maximum atomic E-state index is 13.0. The van der Waals surface area contributed by atoms with Crippen LogP contribution >= 0.6 is 0 Å². The first-order chi connectivity index (χ1) is 8.78. The van der Waals surface area contributed by atoms with Gasteiger partial charge in [-0.15, -0.1) is 0 Å². The summed E-state index contributed by atoms with van der Waals surface area (Å²) in [7, 11) is -2.92. The molecule has 0 bridgehead atoms. The molecule has 8 heteroatoms. The quantitative estimate of drug-likeness (QED) is 0.764. The molecule has 0 atom stereocenters. The van der Waals surface area contributed by atoms with Crippen LogP contribution in [0.15, 0.2) is 23.1 Å². The molecule has 0 spiro atoms. The van der Waals surface area contributed by atoms with Gasteiger partial charge in [-0.25, -0.2) is 17.2 Å². The van der Waals surface area contributed by atoms with Gasteiger partial charge in [-0.3, -0.25) is 4.79 Å². The van der Waals surface area contributed by atoms with Gasteiger partial charge in [0, 0.05) is 7.05 Å². The highest BCUT2D eigenvalue weighted by Gasteiger charge is 2.24. The maximum Gasteiger partial charge on any atom is 0.321 e. The minimum Gasteiger partial charge on any atom is -0.465 e. The van der Waals surface area contributed by atoms with E-state index in [-0.39, 0.29) is 6.61 Å². The Morgan fingerprint density at radius 2 is 1.95 bits per heavy atom. The van der Waals surface area contributed by atoms with E-state index in [1.54, 1.807) is 6.92 Å². The fourth-order valence-electron chi connectivity index (χ4n) is 1.29. The first-order valence-electron chi connectivity index (χ1n) is 5.36. The number of sulfonamides is 1. The smallest absolute Gasteiger partial charge is 0.321 e. The van der Waals surface area contributed by atoms with E-state index in [1.165, 1.54) is 0 Å². The molecule has 0 aliphatic carbocycles. The van der Waals surface area contributed by atoms with Crippen LogP contribution in [0, 0.1) is 11.6 Å². The molecular formula is C11H13F2NO4S. The Morgan fingerprint density at radius 1 is 1.32 bits per heavy atom. The van der Waals surface area contributed by atoms with Gasteiger partial charge in [-0.05, 0) is 25.1 Å². The van der Waals surface area contributed by atoms with E-state index in [4.69, 9.17) is 0 Å². The minimum absolute atomic E-state index is 0.123. The van der Waals surface area contributed by atoms with E-state index in [0.29, 0.717) is 16.4 Å². The third-order valence-electron chi connectivity index (χ3n) is 2.26. The number of halogens is 2. The third-order valence-corrected chi connectivity index (χ3v) is 4.06. The van der Waals surface area contributed by atoms with E-state index in [0.717, 1.165) is 13.1 Å². The van der Waals surface area contributed by atoms with E-state index in [9.17, 15) is 22.0 Å². The summed E-state index contributed by atoms with van der Waals surface area (Å²) in [5, 5.41) is 0. The lowest BCUT2D eigenvalue weighted by Gasteiger charge is -2.16. The second kappa shape index (κ2) is 6.07. The number of ether oxygens (including phenoxy) is 1. The molecule has 0 saturated carbocycles. The summed E-state index contributed by atoms with van der Waals surface area (Å²) < 4.78 is 55.0. The van der Waals surface area contributed by atoms with Crippen molar-refractivity contribution in [2.45, 2.75) is 11.8 Å². The second-order valence-electron chi connectivity index (χ2n) is 3.64. The predicted octanol–water partition coefficient (Wildman–Crippen LogP) is 1.15. The van der Waals surface area contributed by atoms with Gasteiger partial charge in [0.25, 0.3) is 0 Å². The van der Waals surface area contributed by atoms with E-state index < -0.39 is 39.1 Å². The largest absolute Gasteiger partial charge is 0.465 e. The standard InChI is InChI=1S/C11H13F2NO4S/c1-3-18-11(15)7-14(2)19(16,17)8-4-5-9(12)10(13)6-8/h4-6H,3,7H2,1-2H3. The van der Waals surface area contributed by atoms with Crippen LogP contribution in [0.25, 0.3) is 0 Å². The SMILES string of the molecule is CCOC(=O)CN(C)S(=O)(=O)c1ccc(F)c(F)c1. The summed E-state index contributed by atoms with van der Waals surface area (Å²) in [6.45, 7) is 1.20. The summed E-state index contributed by atoms with van der Waals surface area (Å²) in [5.41, 5.74) is 0. The molecule has 0 unspecified atom stereocenters. The molecule has 106 valence electrons. The molecule has 0 N–H and O–H groups in total. The van der Waals surface area contributed by atoms with E-state index >= 15 is 0 Å². The highest BCUT2D eigenvalue weighted by molar-refractivity contribution is 7.89. The summed E-state index contributed by atoms with van der Waals surface area (Å²) >= 11 is 0. The van der Waals surface area contributed by atoms with E-state index in [1.807, 2.05) is 0 Å². The fraction of sp³-hybridized carbons (Fsp3) is 0.364. The molecule has 0 fully saturated rings. The van der Waals surface area contributed by atoms with Crippen molar-refractivity contribution in [3.63, 3.8) is 0 Å². The predicted molar refractivity (Wildman–Crippen MR) is 62.8 cm³/mol. The number of rotatable bonds is 5. The highest BCUT2D eigenvalue weighted by Crippen LogP contribution is 2.17.